The van der Waals surface area contributed by atoms with Gasteiger partial charge in [0.1, 0.15) is 0 Å². The molecule has 0 aliphatic rings. The first kappa shape index (κ1) is 28.1. The van der Waals surface area contributed by atoms with Crippen LogP contribution in [0.5, 0.6) is 0 Å². The molecule has 0 bridgehead atoms. The molecule has 1 atom stereocenters. The summed E-state index contributed by atoms with van der Waals surface area (Å²) in [6, 6.07) is 0. The molecule has 0 aliphatic heterocycles. The van der Waals surface area contributed by atoms with Crippen LogP contribution in [0.3, 0.4) is 0 Å². The molecule has 0 aromatic heterocycles. The van der Waals surface area contributed by atoms with E-state index >= 15 is 0 Å². The second-order valence-electron chi connectivity index (χ2n) is 8.84. The number of rotatable bonds is 22. The highest BCUT2D eigenvalue weighted by atomic mass is 31.1. The van der Waals surface area contributed by atoms with Gasteiger partial charge in [-0.15, -0.1) is 0 Å². The van der Waals surface area contributed by atoms with E-state index in [9.17, 15) is 4.57 Å². The van der Waals surface area contributed by atoms with Crippen LogP contribution in [0.1, 0.15) is 150 Å². The predicted molar refractivity (Wildman–Crippen MR) is 125 cm³/mol. The van der Waals surface area contributed by atoms with Crippen LogP contribution in [0, 0.1) is 5.92 Å². The summed E-state index contributed by atoms with van der Waals surface area (Å²) in [5, 5.41) is 0. The van der Waals surface area contributed by atoms with E-state index in [1.165, 1.54) is 96.3 Å². The minimum absolute atomic E-state index is 0.133. The van der Waals surface area contributed by atoms with Crippen molar-refractivity contribution in [1.29, 1.82) is 0 Å². The Morgan fingerprint density at radius 3 is 1.39 bits per heavy atom. The molecular formula is C25H51O2P. The maximum absolute atomic E-state index is 11.3. The summed E-state index contributed by atoms with van der Waals surface area (Å²) in [4.78, 5) is 0. The lowest BCUT2D eigenvalue weighted by Gasteiger charge is -2.38. The minimum Gasteiger partial charge on any atom is -0.287 e. The third-order valence-electron chi connectivity index (χ3n) is 6.61. The van der Waals surface area contributed by atoms with E-state index in [0.717, 1.165) is 25.7 Å². The molecule has 0 N–H and O–H groups in total. The van der Waals surface area contributed by atoms with Gasteiger partial charge in [0.15, 0.2) is 0 Å². The van der Waals surface area contributed by atoms with Crippen molar-refractivity contribution in [2.75, 3.05) is 0 Å². The van der Waals surface area contributed by atoms with Crippen LogP contribution in [0.15, 0.2) is 0 Å². The van der Waals surface area contributed by atoms with Crippen LogP contribution in [0.25, 0.3) is 0 Å². The van der Waals surface area contributed by atoms with Crippen molar-refractivity contribution in [3.05, 3.63) is 0 Å². The fraction of sp³-hybridized carbons (Fsp3) is 1.00. The molecule has 0 radical (unpaired) electrons. The maximum atomic E-state index is 11.3. The van der Waals surface area contributed by atoms with Crippen molar-refractivity contribution in [2.45, 2.75) is 155 Å². The molecular weight excluding hydrogens is 363 g/mol. The van der Waals surface area contributed by atoms with Crippen LogP contribution in [-0.2, 0) is 9.09 Å². The van der Waals surface area contributed by atoms with Gasteiger partial charge in [-0.2, -0.15) is 0 Å². The number of hydrogen-bond acceptors (Lipinski definition) is 2. The highest BCUT2D eigenvalue weighted by molar-refractivity contribution is 7.17. The molecule has 28 heavy (non-hydrogen) atoms. The van der Waals surface area contributed by atoms with Crippen molar-refractivity contribution in [1.82, 2.24) is 0 Å². The second kappa shape index (κ2) is 20.3. The average molecular weight is 415 g/mol. The van der Waals surface area contributed by atoms with Gasteiger partial charge in [0, 0.05) is 0 Å². The van der Waals surface area contributed by atoms with Gasteiger partial charge >= 0.3 is 8.69 Å². The van der Waals surface area contributed by atoms with E-state index < -0.39 is 0 Å². The van der Waals surface area contributed by atoms with Gasteiger partial charge in [0.2, 0.25) is 0 Å². The summed E-state index contributed by atoms with van der Waals surface area (Å²) in [6.45, 7) is 9.03. The Balaban J connectivity index is 3.96. The first-order chi connectivity index (χ1) is 13.7. The molecule has 0 aliphatic carbocycles. The lowest BCUT2D eigenvalue weighted by Crippen LogP contribution is -2.38. The summed E-state index contributed by atoms with van der Waals surface area (Å²) in [7, 11) is -0.133. The summed E-state index contributed by atoms with van der Waals surface area (Å²) < 4.78 is 17.2. The van der Waals surface area contributed by atoms with E-state index in [1.54, 1.807) is 0 Å². The fourth-order valence-electron chi connectivity index (χ4n) is 4.72. The van der Waals surface area contributed by atoms with E-state index in [-0.39, 0.29) is 14.3 Å². The van der Waals surface area contributed by atoms with Crippen LogP contribution in [-0.4, -0.2) is 5.60 Å². The Hall–Kier alpha value is 0.0600. The fourth-order valence-corrected chi connectivity index (χ4v) is 5.20. The smallest absolute Gasteiger partial charge is 0.287 e. The van der Waals surface area contributed by atoms with Gasteiger partial charge in [-0.3, -0.25) is 4.52 Å². The van der Waals surface area contributed by atoms with E-state index in [0.29, 0.717) is 5.92 Å². The van der Waals surface area contributed by atoms with Gasteiger partial charge in [0.05, 0.1) is 5.60 Å². The highest BCUT2D eigenvalue weighted by Gasteiger charge is 2.37. The molecule has 0 saturated carbocycles. The number of hydrogen-bond donors (Lipinski definition) is 0. The Bertz CT molecular complexity index is 331. The predicted octanol–water partition coefficient (Wildman–Crippen LogP) is 10.1. The van der Waals surface area contributed by atoms with Crippen LogP contribution < -0.4 is 0 Å². The maximum Gasteiger partial charge on any atom is 0.327 e. The zero-order valence-corrected chi connectivity index (χ0v) is 20.7. The minimum atomic E-state index is -0.166. The number of unbranched alkanes of at least 4 members (excludes halogenated alkanes) is 13. The van der Waals surface area contributed by atoms with E-state index in [4.69, 9.17) is 4.52 Å². The highest BCUT2D eigenvalue weighted by Crippen LogP contribution is 2.40. The van der Waals surface area contributed by atoms with Crippen LogP contribution >= 0.6 is 8.69 Å². The monoisotopic (exact) mass is 414 g/mol. The Morgan fingerprint density at radius 1 is 0.607 bits per heavy atom. The van der Waals surface area contributed by atoms with Crippen molar-refractivity contribution < 1.29 is 9.09 Å². The normalized spacial score (nSPS) is 14.0. The second-order valence-corrected chi connectivity index (χ2v) is 9.17. The third-order valence-corrected chi connectivity index (χ3v) is 7.04. The first-order valence-corrected chi connectivity index (χ1v) is 13.4. The zero-order valence-electron chi connectivity index (χ0n) is 19.8. The zero-order chi connectivity index (χ0) is 20.9. The molecule has 0 saturated heterocycles. The van der Waals surface area contributed by atoms with Gasteiger partial charge in [-0.1, -0.05) is 137 Å². The van der Waals surface area contributed by atoms with Crippen LogP contribution in [0.2, 0.25) is 0 Å². The van der Waals surface area contributed by atoms with Crippen molar-refractivity contribution in [2.24, 2.45) is 5.92 Å². The van der Waals surface area contributed by atoms with Crippen LogP contribution in [0.4, 0.5) is 0 Å². The molecule has 0 aromatic rings. The lowest BCUT2D eigenvalue weighted by molar-refractivity contribution is -0.00505. The first-order valence-electron chi connectivity index (χ1n) is 12.7. The molecule has 1 unspecified atom stereocenters. The molecule has 0 fully saturated rings. The Labute approximate surface area is 179 Å². The third kappa shape index (κ3) is 13.3. The largest absolute Gasteiger partial charge is 0.327 e. The van der Waals surface area contributed by atoms with Gasteiger partial charge < -0.3 is 0 Å². The topological polar surface area (TPSA) is 26.3 Å². The molecule has 168 valence electrons. The van der Waals surface area contributed by atoms with Gasteiger partial charge in [-0.25, -0.2) is 4.57 Å². The van der Waals surface area contributed by atoms with Crippen molar-refractivity contribution >= 4 is 8.69 Å². The molecule has 0 rings (SSSR count). The molecule has 2 nitrogen and oxygen atoms in total. The van der Waals surface area contributed by atoms with E-state index in [2.05, 4.69) is 27.7 Å². The van der Waals surface area contributed by atoms with Crippen molar-refractivity contribution in [3.8, 4) is 0 Å². The quantitative estimate of drug-likeness (QED) is 0.130. The SMILES string of the molecule is CCCCCCCCCCCCCCCC(CCCC)(OP=O)C(CC)CC. The van der Waals surface area contributed by atoms with E-state index in [1.807, 2.05) is 0 Å². The lowest BCUT2D eigenvalue weighted by atomic mass is 9.76. The summed E-state index contributed by atoms with van der Waals surface area (Å²) in [5.41, 5.74) is -0.166. The summed E-state index contributed by atoms with van der Waals surface area (Å²) >= 11 is 0. The molecule has 0 aromatic carbocycles. The summed E-state index contributed by atoms with van der Waals surface area (Å²) in [5.74, 6) is 0.526. The molecule has 0 spiro atoms. The molecule has 0 heterocycles. The standard InChI is InChI=1S/C25H51O2P/c1-5-9-11-12-13-14-15-16-17-18-19-20-21-23-25(27-28-26,22-10-6-2)24(7-3)8-4/h24H,5-23H2,1-4H3. The van der Waals surface area contributed by atoms with Crippen molar-refractivity contribution in [3.63, 3.8) is 0 Å². The van der Waals surface area contributed by atoms with Gasteiger partial charge in [-0.05, 0) is 18.8 Å². The van der Waals surface area contributed by atoms with Gasteiger partial charge in [0.25, 0.3) is 0 Å². The molecule has 0 amide bonds. The average Bonchev–Trinajstić information content (AvgIpc) is 2.70. The Morgan fingerprint density at radius 2 is 1.00 bits per heavy atom. The summed E-state index contributed by atoms with van der Waals surface area (Å²) in [6.07, 6.45) is 24.7. The molecule has 3 heteroatoms. The Kier molecular flexibility index (Phi) is 20.4.